The van der Waals surface area contributed by atoms with Gasteiger partial charge in [-0.1, -0.05) is 17.7 Å². The van der Waals surface area contributed by atoms with Crippen molar-refractivity contribution < 1.29 is 9.59 Å². The van der Waals surface area contributed by atoms with E-state index in [9.17, 15) is 9.59 Å². The molecule has 2 N–H and O–H groups in total. The van der Waals surface area contributed by atoms with Crippen LogP contribution in [0.15, 0.2) is 54.7 Å². The number of halogens is 1. The molecule has 0 fully saturated rings. The fraction of sp³-hybridized carbons (Fsp3) is 0.227. The van der Waals surface area contributed by atoms with Crippen molar-refractivity contribution in [2.75, 3.05) is 5.32 Å². The molecule has 3 aromatic rings. The lowest BCUT2D eigenvalue weighted by Crippen LogP contribution is -2.40. The fourth-order valence-corrected chi connectivity index (χ4v) is 3.00. The zero-order valence-corrected chi connectivity index (χ0v) is 17.5. The van der Waals surface area contributed by atoms with Crippen molar-refractivity contribution in [1.29, 1.82) is 0 Å². The number of carbonyl (C=O) groups is 2. The Bertz CT molecular complexity index is 1050. The van der Waals surface area contributed by atoms with Gasteiger partial charge in [0.1, 0.15) is 0 Å². The lowest BCUT2D eigenvalue weighted by molar-refractivity contribution is 0.0919. The highest BCUT2D eigenvalue weighted by Crippen LogP contribution is 2.19. The molecule has 0 saturated heterocycles. The molecule has 0 unspecified atom stereocenters. The Labute approximate surface area is 174 Å². The van der Waals surface area contributed by atoms with E-state index >= 15 is 0 Å². The highest BCUT2D eigenvalue weighted by Gasteiger charge is 2.17. The van der Waals surface area contributed by atoms with Crippen molar-refractivity contribution in [3.63, 3.8) is 0 Å². The summed E-state index contributed by atoms with van der Waals surface area (Å²) in [7, 11) is 0. The van der Waals surface area contributed by atoms with Crippen molar-refractivity contribution in [2.24, 2.45) is 0 Å². The van der Waals surface area contributed by atoms with Crippen LogP contribution in [0.2, 0.25) is 5.02 Å². The highest BCUT2D eigenvalue weighted by atomic mass is 35.5. The Hall–Kier alpha value is -3.12. The van der Waals surface area contributed by atoms with Gasteiger partial charge >= 0.3 is 0 Å². The van der Waals surface area contributed by atoms with Gasteiger partial charge in [0.25, 0.3) is 11.8 Å². The van der Waals surface area contributed by atoms with Gasteiger partial charge in [0, 0.05) is 21.8 Å². The molecule has 29 heavy (non-hydrogen) atoms. The molecular formula is C22H23ClN4O2. The number of carbonyl (C=O) groups excluding carboxylic acids is 2. The van der Waals surface area contributed by atoms with E-state index in [1.807, 2.05) is 39.8 Å². The van der Waals surface area contributed by atoms with Gasteiger partial charge in [0.15, 0.2) is 0 Å². The largest absolute Gasteiger partial charge is 0.347 e. The zero-order chi connectivity index (χ0) is 21.2. The molecule has 2 aromatic carbocycles. The second-order valence-electron chi connectivity index (χ2n) is 7.77. The maximum atomic E-state index is 12.7. The number of hydrogen-bond acceptors (Lipinski definition) is 3. The van der Waals surface area contributed by atoms with Gasteiger partial charge in [0.05, 0.1) is 23.1 Å². The number of aromatic nitrogens is 2. The first-order valence-corrected chi connectivity index (χ1v) is 9.56. The molecule has 0 aliphatic heterocycles. The highest BCUT2D eigenvalue weighted by molar-refractivity contribution is 6.30. The third kappa shape index (κ3) is 5.03. The topological polar surface area (TPSA) is 76.0 Å². The number of hydrogen-bond donors (Lipinski definition) is 2. The van der Waals surface area contributed by atoms with Gasteiger partial charge < -0.3 is 10.6 Å². The van der Waals surface area contributed by atoms with Crippen LogP contribution in [0.3, 0.4) is 0 Å². The number of nitrogens with one attached hydrogen (secondary N) is 2. The summed E-state index contributed by atoms with van der Waals surface area (Å²) in [4.78, 5) is 24.9. The molecule has 0 atom stereocenters. The predicted octanol–water partition coefficient (Wildman–Crippen LogP) is 4.61. The van der Waals surface area contributed by atoms with Crippen molar-refractivity contribution in [2.45, 2.75) is 33.2 Å². The van der Waals surface area contributed by atoms with E-state index in [0.29, 0.717) is 27.5 Å². The zero-order valence-electron chi connectivity index (χ0n) is 16.8. The average molecular weight is 411 g/mol. The third-order valence-electron chi connectivity index (χ3n) is 4.20. The fourth-order valence-electron chi connectivity index (χ4n) is 2.82. The average Bonchev–Trinajstić information content (AvgIpc) is 3.02. The standard InChI is InChI=1S/C22H23ClN4O2/c1-14-19(13-24-27(14)18-7-5-6-16(23)12-18)21(29)25-17-10-8-15(9-11-17)20(28)26-22(2,3)4/h5-13H,1-4H3,(H,25,29)(H,26,28). The Kier molecular flexibility index (Phi) is 5.75. The predicted molar refractivity (Wildman–Crippen MR) is 115 cm³/mol. The van der Waals surface area contributed by atoms with Crippen LogP contribution in [0, 0.1) is 6.92 Å². The summed E-state index contributed by atoms with van der Waals surface area (Å²) in [5.74, 6) is -0.434. The minimum Gasteiger partial charge on any atom is -0.347 e. The molecule has 0 bridgehead atoms. The van der Waals surface area contributed by atoms with Crippen LogP contribution in [0.1, 0.15) is 47.2 Å². The number of anilines is 1. The maximum absolute atomic E-state index is 12.7. The third-order valence-corrected chi connectivity index (χ3v) is 4.44. The van der Waals surface area contributed by atoms with Crippen molar-refractivity contribution in [3.05, 3.63) is 76.6 Å². The van der Waals surface area contributed by atoms with E-state index in [2.05, 4.69) is 15.7 Å². The molecule has 0 spiro atoms. The van der Waals surface area contributed by atoms with Crippen molar-refractivity contribution in [3.8, 4) is 5.69 Å². The quantitative estimate of drug-likeness (QED) is 0.659. The Balaban J connectivity index is 1.73. The van der Waals surface area contributed by atoms with E-state index in [-0.39, 0.29) is 17.4 Å². The van der Waals surface area contributed by atoms with Crippen molar-refractivity contribution >= 4 is 29.1 Å². The SMILES string of the molecule is Cc1c(C(=O)Nc2ccc(C(=O)NC(C)(C)C)cc2)cnn1-c1cccc(Cl)c1. The second kappa shape index (κ2) is 8.09. The molecule has 0 saturated carbocycles. The summed E-state index contributed by atoms with van der Waals surface area (Å²) in [6.07, 6.45) is 1.52. The van der Waals surface area contributed by atoms with Crippen LogP contribution in [-0.2, 0) is 0 Å². The second-order valence-corrected chi connectivity index (χ2v) is 8.21. The molecule has 6 nitrogen and oxygen atoms in total. The van der Waals surface area contributed by atoms with E-state index in [4.69, 9.17) is 11.6 Å². The molecule has 1 aromatic heterocycles. The Morgan fingerprint density at radius 3 is 2.34 bits per heavy atom. The Morgan fingerprint density at radius 1 is 1.03 bits per heavy atom. The number of benzene rings is 2. The number of amides is 2. The first-order valence-electron chi connectivity index (χ1n) is 9.18. The maximum Gasteiger partial charge on any atom is 0.259 e. The van der Waals surface area contributed by atoms with Crippen LogP contribution in [0.25, 0.3) is 5.69 Å². The van der Waals surface area contributed by atoms with Crippen LogP contribution in [0.5, 0.6) is 0 Å². The summed E-state index contributed by atoms with van der Waals surface area (Å²) in [5.41, 5.74) is 2.75. The molecule has 2 amide bonds. The molecule has 0 radical (unpaired) electrons. The monoisotopic (exact) mass is 410 g/mol. The number of nitrogens with zero attached hydrogens (tertiary/aromatic N) is 2. The minimum atomic E-state index is -0.315. The first kappa shape index (κ1) is 20.6. The smallest absolute Gasteiger partial charge is 0.259 e. The van der Waals surface area contributed by atoms with E-state index in [1.165, 1.54) is 6.20 Å². The van der Waals surface area contributed by atoms with Crippen LogP contribution < -0.4 is 10.6 Å². The van der Waals surface area contributed by atoms with Gasteiger partial charge in [-0.05, 0) is 70.2 Å². The Morgan fingerprint density at radius 2 is 1.72 bits per heavy atom. The van der Waals surface area contributed by atoms with E-state index in [1.54, 1.807) is 41.1 Å². The van der Waals surface area contributed by atoms with Crippen LogP contribution >= 0.6 is 11.6 Å². The van der Waals surface area contributed by atoms with Gasteiger partial charge in [-0.2, -0.15) is 5.10 Å². The summed E-state index contributed by atoms with van der Waals surface area (Å²) in [6, 6.07) is 14.0. The lowest BCUT2D eigenvalue weighted by Gasteiger charge is -2.20. The van der Waals surface area contributed by atoms with Crippen LogP contribution in [-0.4, -0.2) is 27.1 Å². The molecule has 0 aliphatic carbocycles. The van der Waals surface area contributed by atoms with Gasteiger partial charge in [0.2, 0.25) is 0 Å². The molecule has 3 rings (SSSR count). The van der Waals surface area contributed by atoms with E-state index < -0.39 is 0 Å². The normalized spacial score (nSPS) is 11.2. The first-order chi connectivity index (χ1) is 13.6. The summed E-state index contributed by atoms with van der Waals surface area (Å²) >= 11 is 6.05. The van der Waals surface area contributed by atoms with Gasteiger partial charge in [-0.15, -0.1) is 0 Å². The summed E-state index contributed by atoms with van der Waals surface area (Å²) in [5, 5.41) is 10.6. The van der Waals surface area contributed by atoms with Gasteiger partial charge in [-0.25, -0.2) is 4.68 Å². The van der Waals surface area contributed by atoms with Gasteiger partial charge in [-0.3, -0.25) is 9.59 Å². The molecule has 150 valence electrons. The minimum absolute atomic E-state index is 0.158. The summed E-state index contributed by atoms with van der Waals surface area (Å²) in [6.45, 7) is 7.59. The summed E-state index contributed by atoms with van der Waals surface area (Å²) < 4.78 is 1.67. The lowest BCUT2D eigenvalue weighted by atomic mass is 10.1. The van der Waals surface area contributed by atoms with E-state index in [0.717, 1.165) is 5.69 Å². The molecular weight excluding hydrogens is 388 g/mol. The van der Waals surface area contributed by atoms with Crippen molar-refractivity contribution in [1.82, 2.24) is 15.1 Å². The van der Waals surface area contributed by atoms with Crippen LogP contribution in [0.4, 0.5) is 5.69 Å². The number of rotatable bonds is 4. The molecule has 7 heteroatoms. The molecule has 1 heterocycles. The molecule has 0 aliphatic rings.